The number of methoxy groups -OCH3 is 1. The van der Waals surface area contributed by atoms with E-state index in [0.717, 1.165) is 6.42 Å². The van der Waals surface area contributed by atoms with Crippen molar-refractivity contribution in [2.75, 3.05) is 7.11 Å². The van der Waals surface area contributed by atoms with E-state index in [1.165, 1.54) is 20.0 Å². The van der Waals surface area contributed by atoms with Crippen LogP contribution in [-0.2, 0) is 9.53 Å². The Bertz CT molecular complexity index is 220. The molecule has 12 heavy (non-hydrogen) atoms. The molecule has 0 heterocycles. The van der Waals surface area contributed by atoms with Gasteiger partial charge in [-0.05, 0) is 31.1 Å². The molecular formula is C10H14O2. The highest BCUT2D eigenvalue weighted by molar-refractivity contribution is 5.73. The zero-order chi connectivity index (χ0) is 8.55. The third-order valence-corrected chi connectivity index (χ3v) is 3.08. The van der Waals surface area contributed by atoms with Gasteiger partial charge in [0, 0.05) is 0 Å². The van der Waals surface area contributed by atoms with Gasteiger partial charge in [0.15, 0.2) is 0 Å². The normalized spacial score (nSPS) is 38.2. The number of hydrogen-bond donors (Lipinski definition) is 0. The van der Waals surface area contributed by atoms with Gasteiger partial charge in [0.2, 0.25) is 0 Å². The van der Waals surface area contributed by atoms with Gasteiger partial charge in [0.1, 0.15) is 0 Å². The molecule has 0 radical (unpaired) electrons. The summed E-state index contributed by atoms with van der Waals surface area (Å²) in [4.78, 5) is 11.3. The van der Waals surface area contributed by atoms with Crippen molar-refractivity contribution in [3.63, 3.8) is 0 Å². The average Bonchev–Trinajstić information content (AvgIpc) is 2.18. The predicted molar refractivity (Wildman–Crippen MR) is 45.5 cm³/mol. The Morgan fingerprint density at radius 2 is 2.25 bits per heavy atom. The Hall–Kier alpha value is -0.790. The van der Waals surface area contributed by atoms with Crippen LogP contribution in [0.4, 0.5) is 0 Å². The SMILES string of the molecule is COC(=O)[C@H]1C[C@@H]2C=C[C@H]1CC2. The number of fused-ring (bicyclic) bond motifs is 2. The Morgan fingerprint density at radius 1 is 1.42 bits per heavy atom. The Balaban J connectivity index is 2.11. The molecule has 3 atom stereocenters. The van der Waals surface area contributed by atoms with Crippen LogP contribution in [0.1, 0.15) is 19.3 Å². The summed E-state index contributed by atoms with van der Waals surface area (Å²) in [5.74, 6) is 1.23. The van der Waals surface area contributed by atoms with E-state index in [4.69, 9.17) is 4.74 Å². The molecule has 2 bridgehead atoms. The smallest absolute Gasteiger partial charge is 0.309 e. The van der Waals surface area contributed by atoms with Crippen LogP contribution in [0.15, 0.2) is 12.2 Å². The molecule has 0 aromatic rings. The van der Waals surface area contributed by atoms with Crippen LogP contribution in [-0.4, -0.2) is 13.1 Å². The summed E-state index contributed by atoms with van der Waals surface area (Å²) < 4.78 is 4.77. The molecule has 3 aliphatic carbocycles. The predicted octanol–water partition coefficient (Wildman–Crippen LogP) is 1.76. The fourth-order valence-electron chi connectivity index (χ4n) is 2.35. The van der Waals surface area contributed by atoms with Crippen molar-refractivity contribution in [3.8, 4) is 0 Å². The zero-order valence-corrected chi connectivity index (χ0v) is 7.32. The summed E-state index contributed by atoms with van der Waals surface area (Å²) in [7, 11) is 1.48. The molecule has 1 saturated carbocycles. The monoisotopic (exact) mass is 166 g/mol. The van der Waals surface area contributed by atoms with Crippen molar-refractivity contribution >= 4 is 5.97 Å². The highest BCUT2D eigenvalue weighted by Crippen LogP contribution is 2.40. The third-order valence-electron chi connectivity index (χ3n) is 3.08. The molecule has 0 aliphatic heterocycles. The molecule has 1 fully saturated rings. The van der Waals surface area contributed by atoms with Crippen LogP contribution in [0.5, 0.6) is 0 Å². The molecular weight excluding hydrogens is 152 g/mol. The van der Waals surface area contributed by atoms with Crippen LogP contribution >= 0.6 is 0 Å². The first kappa shape index (κ1) is 7.84. The third kappa shape index (κ3) is 1.15. The molecule has 0 amide bonds. The van der Waals surface area contributed by atoms with Crippen LogP contribution in [0.25, 0.3) is 0 Å². The first-order chi connectivity index (χ1) is 5.81. The molecule has 0 unspecified atom stereocenters. The zero-order valence-electron chi connectivity index (χ0n) is 7.32. The summed E-state index contributed by atoms with van der Waals surface area (Å²) in [5, 5.41) is 0. The second kappa shape index (κ2) is 2.92. The van der Waals surface area contributed by atoms with Gasteiger partial charge in [0.25, 0.3) is 0 Å². The van der Waals surface area contributed by atoms with Gasteiger partial charge in [-0.1, -0.05) is 12.2 Å². The number of ether oxygens (including phenoxy) is 1. The van der Waals surface area contributed by atoms with Crippen molar-refractivity contribution in [1.82, 2.24) is 0 Å². The minimum atomic E-state index is -0.0194. The Labute approximate surface area is 72.6 Å². The maximum absolute atomic E-state index is 11.3. The molecule has 0 N–H and O–H groups in total. The van der Waals surface area contributed by atoms with Crippen LogP contribution < -0.4 is 0 Å². The van der Waals surface area contributed by atoms with E-state index in [9.17, 15) is 4.79 Å². The van der Waals surface area contributed by atoms with E-state index in [0.29, 0.717) is 11.8 Å². The maximum atomic E-state index is 11.3. The average molecular weight is 166 g/mol. The van der Waals surface area contributed by atoms with Gasteiger partial charge in [-0.15, -0.1) is 0 Å². The van der Waals surface area contributed by atoms with Crippen molar-refractivity contribution in [2.45, 2.75) is 19.3 Å². The minimum absolute atomic E-state index is 0.0194. The van der Waals surface area contributed by atoms with Crippen molar-refractivity contribution in [2.24, 2.45) is 17.8 Å². The van der Waals surface area contributed by atoms with Gasteiger partial charge in [-0.3, -0.25) is 4.79 Å². The molecule has 3 aliphatic rings. The fourth-order valence-corrected chi connectivity index (χ4v) is 2.35. The molecule has 0 saturated heterocycles. The van der Waals surface area contributed by atoms with Gasteiger partial charge >= 0.3 is 5.97 Å². The number of hydrogen-bond acceptors (Lipinski definition) is 2. The van der Waals surface area contributed by atoms with Gasteiger partial charge in [-0.2, -0.15) is 0 Å². The highest BCUT2D eigenvalue weighted by atomic mass is 16.5. The standard InChI is InChI=1S/C10H14O2/c1-12-10(11)9-6-7-2-4-8(9)5-3-7/h2,4,7-9H,3,5-6H2,1H3/t7-,8+,9+/m1/s1. The molecule has 66 valence electrons. The number of rotatable bonds is 1. The Morgan fingerprint density at radius 3 is 2.67 bits per heavy atom. The molecule has 2 nitrogen and oxygen atoms in total. The summed E-state index contributed by atoms with van der Waals surface area (Å²) in [6.45, 7) is 0. The lowest BCUT2D eigenvalue weighted by Crippen LogP contribution is -2.33. The Kier molecular flexibility index (Phi) is 1.91. The summed E-state index contributed by atoms with van der Waals surface area (Å²) in [6, 6.07) is 0. The van der Waals surface area contributed by atoms with E-state index < -0.39 is 0 Å². The molecule has 0 aromatic carbocycles. The number of carbonyl (C=O) groups excluding carboxylic acids is 1. The van der Waals surface area contributed by atoms with Crippen LogP contribution in [0.3, 0.4) is 0 Å². The van der Waals surface area contributed by atoms with Gasteiger partial charge in [0.05, 0.1) is 13.0 Å². The summed E-state index contributed by atoms with van der Waals surface area (Å²) in [6.07, 6.45) is 7.89. The van der Waals surface area contributed by atoms with E-state index in [2.05, 4.69) is 12.2 Å². The molecule has 0 aromatic heterocycles. The molecule has 3 rings (SSSR count). The van der Waals surface area contributed by atoms with Crippen molar-refractivity contribution in [3.05, 3.63) is 12.2 Å². The van der Waals surface area contributed by atoms with Gasteiger partial charge < -0.3 is 4.74 Å². The topological polar surface area (TPSA) is 26.3 Å². The van der Waals surface area contributed by atoms with Crippen LogP contribution in [0.2, 0.25) is 0 Å². The number of esters is 1. The van der Waals surface area contributed by atoms with E-state index >= 15 is 0 Å². The van der Waals surface area contributed by atoms with E-state index in [1.54, 1.807) is 0 Å². The second-order valence-corrected chi connectivity index (χ2v) is 3.75. The van der Waals surface area contributed by atoms with Crippen molar-refractivity contribution in [1.29, 1.82) is 0 Å². The number of carbonyl (C=O) groups is 1. The summed E-state index contributed by atoms with van der Waals surface area (Å²) in [5.41, 5.74) is 0. The first-order valence-corrected chi connectivity index (χ1v) is 4.57. The quantitative estimate of drug-likeness (QED) is 0.438. The lowest BCUT2D eigenvalue weighted by molar-refractivity contribution is -0.148. The lowest BCUT2D eigenvalue weighted by Gasteiger charge is -2.36. The molecule has 0 spiro atoms. The fraction of sp³-hybridized carbons (Fsp3) is 0.700. The maximum Gasteiger partial charge on any atom is 0.309 e. The molecule has 2 heteroatoms. The van der Waals surface area contributed by atoms with Crippen LogP contribution in [0, 0.1) is 17.8 Å². The lowest BCUT2D eigenvalue weighted by atomic mass is 9.69. The van der Waals surface area contributed by atoms with E-state index in [1.807, 2.05) is 0 Å². The largest absolute Gasteiger partial charge is 0.469 e. The highest BCUT2D eigenvalue weighted by Gasteiger charge is 2.36. The van der Waals surface area contributed by atoms with E-state index in [-0.39, 0.29) is 11.9 Å². The number of allylic oxidation sites excluding steroid dienone is 2. The van der Waals surface area contributed by atoms with Gasteiger partial charge in [-0.25, -0.2) is 0 Å². The first-order valence-electron chi connectivity index (χ1n) is 4.57. The summed E-state index contributed by atoms with van der Waals surface area (Å²) >= 11 is 0. The second-order valence-electron chi connectivity index (χ2n) is 3.75. The minimum Gasteiger partial charge on any atom is -0.469 e. The van der Waals surface area contributed by atoms with Crippen molar-refractivity contribution < 1.29 is 9.53 Å².